The van der Waals surface area contributed by atoms with Crippen molar-refractivity contribution in [3.63, 3.8) is 0 Å². The Morgan fingerprint density at radius 2 is 1.83 bits per heavy atom. The van der Waals surface area contributed by atoms with Crippen molar-refractivity contribution in [3.05, 3.63) is 43.8 Å². The summed E-state index contributed by atoms with van der Waals surface area (Å²) in [7, 11) is -3.69. The Balaban J connectivity index is 1.69. The molecule has 0 saturated carbocycles. The number of carbonyl (C=O) groups excluding carboxylic acids is 1. The molecule has 1 fully saturated rings. The molecule has 2 heterocycles. The van der Waals surface area contributed by atoms with Gasteiger partial charge in [-0.3, -0.25) is 4.79 Å². The molecule has 1 aromatic heterocycles. The van der Waals surface area contributed by atoms with Crippen LogP contribution in [0.15, 0.2) is 23.1 Å². The van der Waals surface area contributed by atoms with Crippen LogP contribution in [0, 0.1) is 12.8 Å². The first-order valence-corrected chi connectivity index (χ1v) is 12.3. The lowest BCUT2D eigenvalue weighted by Crippen LogP contribution is -2.50. The van der Waals surface area contributed by atoms with Gasteiger partial charge in [-0.2, -0.15) is 4.31 Å². The van der Waals surface area contributed by atoms with E-state index in [4.69, 9.17) is 23.2 Å². The summed E-state index contributed by atoms with van der Waals surface area (Å²) in [6.45, 7) is 7.19. The highest BCUT2D eigenvalue weighted by molar-refractivity contribution is 7.89. The highest BCUT2D eigenvalue weighted by atomic mass is 35.5. The van der Waals surface area contributed by atoms with Gasteiger partial charge in [0, 0.05) is 32.6 Å². The lowest BCUT2D eigenvalue weighted by Gasteiger charge is -2.33. The van der Waals surface area contributed by atoms with Crippen LogP contribution in [0.5, 0.6) is 0 Å². The molecule has 10 heteroatoms. The number of halogens is 2. The Morgan fingerprint density at radius 1 is 1.17 bits per heavy atom. The molecule has 2 aromatic rings. The third kappa shape index (κ3) is 4.94. The van der Waals surface area contributed by atoms with E-state index in [9.17, 15) is 13.2 Å². The molecule has 1 saturated heterocycles. The van der Waals surface area contributed by atoms with Gasteiger partial charge in [-0.1, -0.05) is 37.0 Å². The van der Waals surface area contributed by atoms with Crippen molar-refractivity contribution in [2.45, 2.75) is 32.1 Å². The summed E-state index contributed by atoms with van der Waals surface area (Å²) in [5.41, 5.74) is 0.738. The van der Waals surface area contributed by atoms with Crippen molar-refractivity contribution in [1.82, 2.24) is 14.2 Å². The number of thiazole rings is 1. The summed E-state index contributed by atoms with van der Waals surface area (Å²) in [5, 5.41) is 1.46. The van der Waals surface area contributed by atoms with Gasteiger partial charge in [-0.15, -0.1) is 11.3 Å². The molecule has 0 radical (unpaired) electrons. The molecule has 1 amide bonds. The Hall–Kier alpha value is -1.19. The molecule has 0 spiro atoms. The third-order valence-electron chi connectivity index (χ3n) is 4.67. The molecule has 0 bridgehead atoms. The molecule has 0 aliphatic carbocycles. The summed E-state index contributed by atoms with van der Waals surface area (Å²) < 4.78 is 27.1. The topological polar surface area (TPSA) is 70.6 Å². The van der Waals surface area contributed by atoms with Gasteiger partial charge in [-0.05, 0) is 31.0 Å². The quantitative estimate of drug-likeness (QED) is 0.652. The summed E-state index contributed by atoms with van der Waals surface area (Å²) >= 11 is 13.3. The van der Waals surface area contributed by atoms with Crippen LogP contribution in [0.2, 0.25) is 10.0 Å². The first-order valence-electron chi connectivity index (χ1n) is 9.30. The Bertz CT molecular complexity index is 1010. The predicted molar refractivity (Wildman–Crippen MR) is 117 cm³/mol. The second-order valence-corrected chi connectivity index (χ2v) is 11.2. The number of sulfonamides is 1. The van der Waals surface area contributed by atoms with Crippen LogP contribution in [0.3, 0.4) is 0 Å². The number of aromatic nitrogens is 1. The second kappa shape index (κ2) is 8.89. The number of rotatable bonds is 5. The fourth-order valence-electron chi connectivity index (χ4n) is 3.15. The molecule has 1 aliphatic heterocycles. The molecule has 0 unspecified atom stereocenters. The van der Waals surface area contributed by atoms with Gasteiger partial charge in [0.05, 0.1) is 25.6 Å². The van der Waals surface area contributed by atoms with Gasteiger partial charge < -0.3 is 4.90 Å². The van der Waals surface area contributed by atoms with Gasteiger partial charge in [0.15, 0.2) is 0 Å². The SMILES string of the molecule is Cc1nc(CC(C)C)sc1C(=O)N1CCN(S(=O)(=O)c2ccc(Cl)c(Cl)c2)CC1. The van der Waals surface area contributed by atoms with Crippen LogP contribution in [-0.2, 0) is 16.4 Å². The number of piperazine rings is 1. The van der Waals surface area contributed by atoms with Crippen LogP contribution < -0.4 is 0 Å². The van der Waals surface area contributed by atoms with Crippen molar-refractivity contribution < 1.29 is 13.2 Å². The number of nitrogens with zero attached hydrogens (tertiary/aromatic N) is 3. The zero-order chi connectivity index (χ0) is 21.3. The number of aryl methyl sites for hydroxylation is 1. The molecular weight excluding hydrogens is 453 g/mol. The number of hydrogen-bond donors (Lipinski definition) is 0. The monoisotopic (exact) mass is 475 g/mol. The van der Waals surface area contributed by atoms with Crippen molar-refractivity contribution in [1.29, 1.82) is 0 Å². The molecule has 6 nitrogen and oxygen atoms in total. The predicted octanol–water partition coefficient (Wildman–Crippen LogP) is 4.10. The van der Waals surface area contributed by atoms with E-state index in [0.717, 1.165) is 17.1 Å². The first kappa shape index (κ1) is 22.5. The zero-order valence-electron chi connectivity index (χ0n) is 16.5. The van der Waals surface area contributed by atoms with E-state index in [1.54, 1.807) is 4.90 Å². The highest BCUT2D eigenvalue weighted by Crippen LogP contribution is 2.28. The highest BCUT2D eigenvalue weighted by Gasteiger charge is 2.32. The van der Waals surface area contributed by atoms with E-state index < -0.39 is 10.0 Å². The lowest BCUT2D eigenvalue weighted by atomic mass is 10.1. The minimum absolute atomic E-state index is 0.0819. The van der Waals surface area contributed by atoms with Crippen LogP contribution >= 0.6 is 34.5 Å². The molecule has 1 aromatic carbocycles. The molecular formula is C19H23Cl2N3O3S2. The molecule has 3 rings (SSSR count). The number of hydrogen-bond acceptors (Lipinski definition) is 5. The standard InChI is InChI=1S/C19H23Cl2N3O3S2/c1-12(2)10-17-22-13(3)18(28-17)19(25)23-6-8-24(9-7-23)29(26,27)14-4-5-15(20)16(21)11-14/h4-5,11-12H,6-10H2,1-3H3. The third-order valence-corrected chi connectivity index (χ3v) is 8.47. The van der Waals surface area contributed by atoms with Gasteiger partial charge in [0.1, 0.15) is 4.88 Å². The van der Waals surface area contributed by atoms with Crippen LogP contribution in [-0.4, -0.2) is 54.7 Å². The number of carbonyl (C=O) groups is 1. The number of amides is 1. The van der Waals surface area contributed by atoms with E-state index in [1.165, 1.54) is 33.8 Å². The first-order chi connectivity index (χ1) is 13.6. The summed E-state index contributed by atoms with van der Waals surface area (Å²) in [6.07, 6.45) is 0.842. The Labute approximate surface area is 185 Å². The molecule has 158 valence electrons. The van der Waals surface area contributed by atoms with Crippen LogP contribution in [0.4, 0.5) is 0 Å². The van der Waals surface area contributed by atoms with E-state index in [1.807, 2.05) is 6.92 Å². The minimum Gasteiger partial charge on any atom is -0.335 e. The fourth-order valence-corrected chi connectivity index (χ4v) is 6.21. The van der Waals surface area contributed by atoms with Crippen molar-refractivity contribution in [2.24, 2.45) is 5.92 Å². The van der Waals surface area contributed by atoms with Crippen LogP contribution in [0.1, 0.15) is 34.2 Å². The van der Waals surface area contributed by atoms with Crippen molar-refractivity contribution in [3.8, 4) is 0 Å². The zero-order valence-corrected chi connectivity index (χ0v) is 19.6. The maximum absolute atomic E-state index is 12.9. The summed E-state index contributed by atoms with van der Waals surface area (Å²) in [4.78, 5) is 19.9. The Morgan fingerprint density at radius 3 is 2.41 bits per heavy atom. The van der Waals surface area contributed by atoms with E-state index >= 15 is 0 Å². The second-order valence-electron chi connectivity index (χ2n) is 7.39. The molecule has 29 heavy (non-hydrogen) atoms. The Kier molecular flexibility index (Phi) is 6.90. The normalized spacial score (nSPS) is 15.9. The maximum atomic E-state index is 12.9. The van der Waals surface area contributed by atoms with E-state index in [2.05, 4.69) is 18.8 Å². The van der Waals surface area contributed by atoms with E-state index in [-0.39, 0.29) is 28.9 Å². The van der Waals surface area contributed by atoms with Gasteiger partial charge in [-0.25, -0.2) is 13.4 Å². The van der Waals surface area contributed by atoms with Gasteiger partial charge in [0.2, 0.25) is 10.0 Å². The molecule has 0 atom stereocenters. The summed E-state index contributed by atoms with van der Waals surface area (Å²) in [5.74, 6) is 0.389. The fraction of sp³-hybridized carbons (Fsp3) is 0.474. The van der Waals surface area contributed by atoms with Crippen molar-refractivity contribution >= 4 is 50.5 Å². The van der Waals surface area contributed by atoms with Gasteiger partial charge in [0.25, 0.3) is 5.91 Å². The van der Waals surface area contributed by atoms with Crippen LogP contribution in [0.25, 0.3) is 0 Å². The average Bonchev–Trinajstić information content (AvgIpc) is 3.02. The molecule has 1 aliphatic rings. The number of benzene rings is 1. The maximum Gasteiger partial charge on any atom is 0.265 e. The smallest absolute Gasteiger partial charge is 0.265 e. The lowest BCUT2D eigenvalue weighted by molar-refractivity contribution is 0.0702. The largest absolute Gasteiger partial charge is 0.335 e. The van der Waals surface area contributed by atoms with E-state index in [0.29, 0.717) is 28.9 Å². The van der Waals surface area contributed by atoms with Crippen molar-refractivity contribution in [2.75, 3.05) is 26.2 Å². The van der Waals surface area contributed by atoms with Gasteiger partial charge >= 0.3 is 0 Å². The summed E-state index contributed by atoms with van der Waals surface area (Å²) in [6, 6.07) is 4.27. The minimum atomic E-state index is -3.69. The average molecular weight is 476 g/mol. The molecule has 0 N–H and O–H groups in total.